The molecule has 158 valence electrons. The molecule has 2 heterocycles. The first kappa shape index (κ1) is 20.4. The molecule has 3 N–H and O–H groups in total. The van der Waals surface area contributed by atoms with E-state index in [-0.39, 0.29) is 23.7 Å². The second kappa shape index (κ2) is 8.86. The largest absolute Gasteiger partial charge is 0.273 e. The van der Waals surface area contributed by atoms with Crippen LogP contribution in [-0.2, 0) is 9.59 Å². The number of carbonyl (C=O) groups excluding carboxylic acids is 2. The topological polar surface area (TPSA) is 120 Å². The minimum Gasteiger partial charge on any atom is -0.273 e. The number of amides is 2. The van der Waals surface area contributed by atoms with Crippen LogP contribution in [0, 0.1) is 11.8 Å². The molecular formula is C22H23N7O2. The third-order valence-electron chi connectivity index (χ3n) is 5.21. The van der Waals surface area contributed by atoms with Gasteiger partial charge in [-0.1, -0.05) is 43.3 Å². The zero-order valence-corrected chi connectivity index (χ0v) is 17.3. The summed E-state index contributed by atoms with van der Waals surface area (Å²) in [6.45, 7) is 3.97. The highest BCUT2D eigenvalue weighted by Gasteiger charge is 2.22. The Labute approximate surface area is 179 Å². The van der Waals surface area contributed by atoms with Gasteiger partial charge >= 0.3 is 0 Å². The lowest BCUT2D eigenvalue weighted by Gasteiger charge is -2.19. The quantitative estimate of drug-likeness (QED) is 0.510. The lowest BCUT2D eigenvalue weighted by Crippen LogP contribution is -2.31. The SMILES string of the molecule is CC1CC(=O)NN=C1c1ccc(N=NNc2ccc(C3=NNC(=O)CC3C)cc2)cc1. The summed E-state index contributed by atoms with van der Waals surface area (Å²) in [4.78, 5) is 22.8. The molecule has 2 aliphatic heterocycles. The highest BCUT2D eigenvalue weighted by atomic mass is 16.2. The van der Waals surface area contributed by atoms with Crippen molar-refractivity contribution in [2.75, 3.05) is 5.43 Å². The number of hydrazone groups is 2. The molecule has 0 radical (unpaired) electrons. The molecule has 2 aliphatic rings. The molecule has 0 aromatic heterocycles. The molecule has 2 aromatic carbocycles. The van der Waals surface area contributed by atoms with Crippen molar-refractivity contribution in [3.63, 3.8) is 0 Å². The Bertz CT molecular complexity index is 1070. The van der Waals surface area contributed by atoms with Gasteiger partial charge in [-0.2, -0.15) is 10.2 Å². The molecule has 31 heavy (non-hydrogen) atoms. The Morgan fingerprint density at radius 3 is 1.77 bits per heavy atom. The number of benzene rings is 2. The number of hydrogen-bond acceptors (Lipinski definition) is 6. The van der Waals surface area contributed by atoms with Crippen molar-refractivity contribution in [2.24, 2.45) is 32.4 Å². The molecule has 0 saturated heterocycles. The van der Waals surface area contributed by atoms with Crippen molar-refractivity contribution in [3.05, 3.63) is 59.7 Å². The number of anilines is 1. The third kappa shape index (κ3) is 4.82. The molecule has 2 aromatic rings. The summed E-state index contributed by atoms with van der Waals surface area (Å²) in [5, 5.41) is 16.6. The molecular weight excluding hydrogens is 394 g/mol. The van der Waals surface area contributed by atoms with E-state index in [9.17, 15) is 9.59 Å². The molecule has 2 atom stereocenters. The number of nitrogens with zero attached hydrogens (tertiary/aromatic N) is 4. The lowest BCUT2D eigenvalue weighted by molar-refractivity contribution is -0.122. The van der Waals surface area contributed by atoms with Gasteiger partial charge < -0.3 is 0 Å². The summed E-state index contributed by atoms with van der Waals surface area (Å²) in [5.74, 6) is 0.0310. The highest BCUT2D eigenvalue weighted by Crippen LogP contribution is 2.21. The van der Waals surface area contributed by atoms with Crippen LogP contribution in [0.15, 0.2) is 69.1 Å². The van der Waals surface area contributed by atoms with E-state index >= 15 is 0 Å². The van der Waals surface area contributed by atoms with Crippen LogP contribution >= 0.6 is 0 Å². The maximum atomic E-state index is 11.4. The van der Waals surface area contributed by atoms with Gasteiger partial charge in [-0.25, -0.2) is 10.9 Å². The summed E-state index contributed by atoms with van der Waals surface area (Å²) in [7, 11) is 0. The van der Waals surface area contributed by atoms with Crippen LogP contribution in [0.3, 0.4) is 0 Å². The van der Waals surface area contributed by atoms with E-state index in [0.717, 1.165) is 28.2 Å². The summed E-state index contributed by atoms with van der Waals surface area (Å²) in [6.07, 6.45) is 0.872. The molecule has 0 spiro atoms. The van der Waals surface area contributed by atoms with E-state index in [1.807, 2.05) is 62.4 Å². The third-order valence-corrected chi connectivity index (χ3v) is 5.21. The van der Waals surface area contributed by atoms with Crippen molar-refractivity contribution in [1.29, 1.82) is 0 Å². The van der Waals surface area contributed by atoms with Crippen LogP contribution in [0.25, 0.3) is 0 Å². The fraction of sp³-hybridized carbons (Fsp3) is 0.273. The van der Waals surface area contributed by atoms with Gasteiger partial charge in [0, 0.05) is 24.7 Å². The summed E-state index contributed by atoms with van der Waals surface area (Å²) < 4.78 is 0. The molecule has 9 nitrogen and oxygen atoms in total. The van der Waals surface area contributed by atoms with Gasteiger partial charge in [0.2, 0.25) is 11.8 Å². The second-order valence-electron chi connectivity index (χ2n) is 7.71. The Kier molecular flexibility index (Phi) is 5.83. The highest BCUT2D eigenvalue weighted by molar-refractivity contribution is 6.06. The number of rotatable bonds is 5. The average molecular weight is 417 g/mol. The van der Waals surface area contributed by atoms with Crippen molar-refractivity contribution < 1.29 is 9.59 Å². The van der Waals surface area contributed by atoms with Crippen molar-refractivity contribution >= 4 is 34.6 Å². The Morgan fingerprint density at radius 1 is 0.806 bits per heavy atom. The van der Waals surface area contributed by atoms with Gasteiger partial charge in [-0.05, 0) is 35.4 Å². The van der Waals surface area contributed by atoms with Crippen LogP contribution in [0.4, 0.5) is 11.4 Å². The fourth-order valence-electron chi connectivity index (χ4n) is 3.56. The summed E-state index contributed by atoms with van der Waals surface area (Å²) in [6, 6.07) is 15.2. The first-order chi connectivity index (χ1) is 15.0. The fourth-order valence-corrected chi connectivity index (χ4v) is 3.56. The predicted molar refractivity (Wildman–Crippen MR) is 118 cm³/mol. The van der Waals surface area contributed by atoms with E-state index < -0.39 is 0 Å². The molecule has 0 fully saturated rings. The summed E-state index contributed by atoms with van der Waals surface area (Å²) >= 11 is 0. The number of nitrogens with one attached hydrogen (secondary N) is 3. The monoisotopic (exact) mass is 417 g/mol. The summed E-state index contributed by atoms with van der Waals surface area (Å²) in [5.41, 5.74) is 13.1. The van der Waals surface area contributed by atoms with Gasteiger partial charge in [0.05, 0.1) is 22.8 Å². The van der Waals surface area contributed by atoms with Gasteiger partial charge in [0.1, 0.15) is 0 Å². The lowest BCUT2D eigenvalue weighted by atomic mass is 9.94. The predicted octanol–water partition coefficient (Wildman–Crippen LogP) is 3.52. The first-order valence-electron chi connectivity index (χ1n) is 10.1. The minimum atomic E-state index is -0.0613. The maximum Gasteiger partial charge on any atom is 0.240 e. The maximum absolute atomic E-state index is 11.4. The normalized spacial score (nSPS) is 21.2. The van der Waals surface area contributed by atoms with Gasteiger partial charge in [0.15, 0.2) is 0 Å². The Balaban J connectivity index is 1.37. The Morgan fingerprint density at radius 2 is 1.29 bits per heavy atom. The molecule has 2 unspecified atom stereocenters. The molecule has 0 bridgehead atoms. The number of carbonyl (C=O) groups is 2. The van der Waals surface area contributed by atoms with Crippen LogP contribution in [0.2, 0.25) is 0 Å². The van der Waals surface area contributed by atoms with Crippen molar-refractivity contribution in [3.8, 4) is 0 Å². The second-order valence-corrected chi connectivity index (χ2v) is 7.71. The zero-order valence-electron chi connectivity index (χ0n) is 17.3. The molecule has 2 amide bonds. The van der Waals surface area contributed by atoms with Crippen molar-refractivity contribution in [1.82, 2.24) is 10.9 Å². The van der Waals surface area contributed by atoms with Crippen LogP contribution < -0.4 is 16.3 Å². The van der Waals surface area contributed by atoms with E-state index in [2.05, 4.69) is 36.8 Å². The average Bonchev–Trinajstić information content (AvgIpc) is 2.75. The van der Waals surface area contributed by atoms with E-state index in [1.54, 1.807) is 0 Å². The Hall–Kier alpha value is -3.88. The van der Waals surface area contributed by atoms with Crippen molar-refractivity contribution in [2.45, 2.75) is 26.7 Å². The minimum absolute atomic E-state index is 0.0593. The molecule has 0 saturated carbocycles. The van der Waals surface area contributed by atoms with E-state index in [4.69, 9.17) is 0 Å². The van der Waals surface area contributed by atoms with Crippen LogP contribution in [0.1, 0.15) is 37.8 Å². The molecule has 4 rings (SSSR count). The van der Waals surface area contributed by atoms with E-state index in [1.165, 1.54) is 0 Å². The zero-order chi connectivity index (χ0) is 21.8. The van der Waals surface area contributed by atoms with Crippen LogP contribution in [0.5, 0.6) is 0 Å². The van der Waals surface area contributed by atoms with Gasteiger partial charge in [-0.15, -0.1) is 5.11 Å². The van der Waals surface area contributed by atoms with Crippen LogP contribution in [-0.4, -0.2) is 23.2 Å². The standard InChI is InChI=1S/C22H23N7O2/c1-13-11-19(30)25-27-21(13)15-3-7-17(8-4-15)23-29-24-18-9-5-16(6-10-18)22-14(2)12-20(31)26-28-22/h3-10,13-14H,11-12H2,1-2H3,(H,23,24)(H,25,30)(H,26,31). The smallest absolute Gasteiger partial charge is 0.240 e. The molecule has 9 heteroatoms. The first-order valence-corrected chi connectivity index (χ1v) is 10.1. The van der Waals surface area contributed by atoms with Gasteiger partial charge in [-0.3, -0.25) is 15.0 Å². The van der Waals surface area contributed by atoms with Gasteiger partial charge in [0.25, 0.3) is 0 Å². The number of hydrogen-bond donors (Lipinski definition) is 3. The van der Waals surface area contributed by atoms with E-state index in [0.29, 0.717) is 18.5 Å². The molecule has 0 aliphatic carbocycles.